The molecule has 14 heavy (non-hydrogen) atoms. The van der Waals surface area contributed by atoms with E-state index in [1.807, 2.05) is 0 Å². The topological polar surface area (TPSA) is 29.3 Å². The van der Waals surface area contributed by atoms with Gasteiger partial charge in [0.1, 0.15) is 0 Å². The SMILES string of the molecule is CN.CN1CCCC1.ClCCCCCl. The Morgan fingerprint density at radius 1 is 1.00 bits per heavy atom. The van der Waals surface area contributed by atoms with Gasteiger partial charge >= 0.3 is 0 Å². The van der Waals surface area contributed by atoms with Crippen molar-refractivity contribution in [2.24, 2.45) is 5.73 Å². The van der Waals surface area contributed by atoms with Crippen molar-refractivity contribution in [3.63, 3.8) is 0 Å². The van der Waals surface area contributed by atoms with Crippen LogP contribution < -0.4 is 5.73 Å². The molecule has 2 nitrogen and oxygen atoms in total. The second-order valence-corrected chi connectivity index (χ2v) is 3.85. The Balaban J connectivity index is 0. The quantitative estimate of drug-likeness (QED) is 0.609. The molecule has 4 heteroatoms. The highest BCUT2D eigenvalue weighted by atomic mass is 35.5. The third-order valence-corrected chi connectivity index (χ3v) is 2.38. The molecule has 0 aromatic heterocycles. The van der Waals surface area contributed by atoms with E-state index in [0.717, 1.165) is 24.6 Å². The molecular formula is C10H24Cl2N2. The van der Waals surface area contributed by atoms with Gasteiger partial charge < -0.3 is 10.6 Å². The molecule has 0 aromatic carbocycles. The lowest BCUT2D eigenvalue weighted by molar-refractivity contribution is 0.418. The monoisotopic (exact) mass is 242 g/mol. The van der Waals surface area contributed by atoms with E-state index in [-0.39, 0.29) is 0 Å². The van der Waals surface area contributed by atoms with E-state index >= 15 is 0 Å². The number of unbranched alkanes of at least 4 members (excludes halogenated alkanes) is 1. The number of hydrogen-bond donors (Lipinski definition) is 1. The minimum Gasteiger partial charge on any atom is -0.333 e. The summed E-state index contributed by atoms with van der Waals surface area (Å²) in [6.45, 7) is 2.64. The summed E-state index contributed by atoms with van der Waals surface area (Å²) < 4.78 is 0. The van der Waals surface area contributed by atoms with Gasteiger partial charge in [0, 0.05) is 11.8 Å². The number of alkyl halides is 2. The average molecular weight is 243 g/mol. The third kappa shape index (κ3) is 15.0. The first-order valence-corrected chi connectivity index (χ1v) is 6.26. The molecule has 1 rings (SSSR count). The van der Waals surface area contributed by atoms with Crippen LogP contribution in [0.3, 0.4) is 0 Å². The van der Waals surface area contributed by atoms with Crippen LogP contribution in [0.4, 0.5) is 0 Å². The Morgan fingerprint density at radius 2 is 1.36 bits per heavy atom. The zero-order valence-electron chi connectivity index (χ0n) is 9.44. The normalized spacial score (nSPS) is 15.2. The zero-order valence-corrected chi connectivity index (χ0v) is 10.9. The van der Waals surface area contributed by atoms with Gasteiger partial charge in [-0.1, -0.05) is 0 Å². The van der Waals surface area contributed by atoms with Crippen LogP contribution in [0.1, 0.15) is 25.7 Å². The first-order valence-electron chi connectivity index (χ1n) is 5.19. The number of likely N-dealkylation sites (tertiary alicyclic amines) is 1. The van der Waals surface area contributed by atoms with Crippen molar-refractivity contribution >= 4 is 23.2 Å². The van der Waals surface area contributed by atoms with Crippen molar-refractivity contribution in [3.8, 4) is 0 Å². The Kier molecular flexibility index (Phi) is 19.3. The summed E-state index contributed by atoms with van der Waals surface area (Å²) in [6, 6.07) is 0. The molecule has 88 valence electrons. The molecule has 1 aliphatic rings. The second kappa shape index (κ2) is 15.9. The predicted octanol–water partition coefficient (Wildman–Crippen LogP) is 2.53. The van der Waals surface area contributed by atoms with E-state index in [1.54, 1.807) is 0 Å². The van der Waals surface area contributed by atoms with Crippen LogP contribution in [-0.4, -0.2) is 43.8 Å². The van der Waals surface area contributed by atoms with Crippen LogP contribution in [0.5, 0.6) is 0 Å². The van der Waals surface area contributed by atoms with Crippen molar-refractivity contribution in [1.82, 2.24) is 4.90 Å². The molecule has 0 unspecified atom stereocenters. The van der Waals surface area contributed by atoms with Crippen LogP contribution in [-0.2, 0) is 0 Å². The van der Waals surface area contributed by atoms with Crippen LogP contribution >= 0.6 is 23.2 Å². The fourth-order valence-electron chi connectivity index (χ4n) is 1.06. The van der Waals surface area contributed by atoms with Gasteiger partial charge in [-0.3, -0.25) is 0 Å². The maximum absolute atomic E-state index is 5.32. The molecule has 1 aliphatic heterocycles. The molecule has 0 atom stereocenters. The zero-order chi connectivity index (χ0) is 11.2. The van der Waals surface area contributed by atoms with Gasteiger partial charge in [0.2, 0.25) is 0 Å². The van der Waals surface area contributed by atoms with Gasteiger partial charge in [0.05, 0.1) is 0 Å². The standard InChI is InChI=1S/C5H11N.C4H8Cl2.CH5N/c1-6-4-2-3-5-6;5-3-1-2-4-6;1-2/h2-5H2,1H3;1-4H2;2H2,1H3. The molecule has 2 N–H and O–H groups in total. The molecule has 1 heterocycles. The molecule has 0 amide bonds. The average Bonchev–Trinajstić information content (AvgIpc) is 2.70. The van der Waals surface area contributed by atoms with Gasteiger partial charge in [-0.2, -0.15) is 0 Å². The lowest BCUT2D eigenvalue weighted by Crippen LogP contribution is -2.10. The van der Waals surface area contributed by atoms with Gasteiger partial charge in [0.15, 0.2) is 0 Å². The Labute approximate surface area is 98.7 Å². The van der Waals surface area contributed by atoms with Crippen molar-refractivity contribution in [1.29, 1.82) is 0 Å². The summed E-state index contributed by atoms with van der Waals surface area (Å²) in [5, 5.41) is 0. The molecule has 0 saturated carbocycles. The number of hydrogen-bond acceptors (Lipinski definition) is 2. The van der Waals surface area contributed by atoms with Crippen molar-refractivity contribution in [2.75, 3.05) is 38.9 Å². The molecule has 0 aromatic rings. The summed E-state index contributed by atoms with van der Waals surface area (Å²) in [7, 11) is 3.67. The molecule has 1 fully saturated rings. The Morgan fingerprint density at radius 3 is 1.50 bits per heavy atom. The van der Waals surface area contributed by atoms with Gasteiger partial charge in [-0.25, -0.2) is 0 Å². The highest BCUT2D eigenvalue weighted by Gasteiger charge is 2.03. The van der Waals surface area contributed by atoms with E-state index in [9.17, 15) is 0 Å². The minimum atomic E-state index is 0.743. The maximum Gasteiger partial charge on any atom is 0.0223 e. The van der Waals surface area contributed by atoms with Gasteiger partial charge in [-0.15, -0.1) is 23.2 Å². The van der Waals surface area contributed by atoms with Crippen LogP contribution in [0, 0.1) is 0 Å². The Bertz CT molecular complexity index is 82.2. The second-order valence-electron chi connectivity index (χ2n) is 3.10. The third-order valence-electron chi connectivity index (χ3n) is 1.85. The fraction of sp³-hybridized carbons (Fsp3) is 1.00. The minimum absolute atomic E-state index is 0.743. The maximum atomic E-state index is 5.32. The van der Waals surface area contributed by atoms with Crippen molar-refractivity contribution in [3.05, 3.63) is 0 Å². The molecule has 0 aliphatic carbocycles. The molecule has 0 bridgehead atoms. The van der Waals surface area contributed by atoms with E-state index in [0.29, 0.717) is 0 Å². The van der Waals surface area contributed by atoms with Crippen molar-refractivity contribution < 1.29 is 0 Å². The summed E-state index contributed by atoms with van der Waals surface area (Å²) in [5.41, 5.74) is 4.50. The highest BCUT2D eigenvalue weighted by molar-refractivity contribution is 6.18. The van der Waals surface area contributed by atoms with E-state index in [4.69, 9.17) is 23.2 Å². The largest absolute Gasteiger partial charge is 0.333 e. The molecule has 0 radical (unpaired) electrons. The summed E-state index contributed by atoms with van der Waals surface area (Å²) in [4.78, 5) is 2.36. The van der Waals surface area contributed by atoms with Crippen LogP contribution in [0.15, 0.2) is 0 Å². The lowest BCUT2D eigenvalue weighted by Gasteiger charge is -2.01. The molecule has 1 saturated heterocycles. The number of nitrogens with zero attached hydrogens (tertiary/aromatic N) is 1. The molecular weight excluding hydrogens is 219 g/mol. The van der Waals surface area contributed by atoms with Gasteiger partial charge in [-0.05, 0) is 52.9 Å². The van der Waals surface area contributed by atoms with Crippen LogP contribution in [0.2, 0.25) is 0 Å². The van der Waals surface area contributed by atoms with E-state index < -0.39 is 0 Å². The lowest BCUT2D eigenvalue weighted by atomic mass is 10.4. The van der Waals surface area contributed by atoms with Gasteiger partial charge in [0.25, 0.3) is 0 Å². The highest BCUT2D eigenvalue weighted by Crippen LogP contribution is 2.02. The Hall–Kier alpha value is 0.500. The summed E-state index contributed by atoms with van der Waals surface area (Å²) in [5.74, 6) is 1.49. The fourth-order valence-corrected chi connectivity index (χ4v) is 1.44. The number of nitrogens with two attached hydrogens (primary N) is 1. The smallest absolute Gasteiger partial charge is 0.0223 e. The predicted molar refractivity (Wildman–Crippen MR) is 67.5 cm³/mol. The summed E-state index contributed by atoms with van der Waals surface area (Å²) >= 11 is 10.6. The first-order chi connectivity index (χ1) is 6.81. The van der Waals surface area contributed by atoms with Crippen LogP contribution in [0.25, 0.3) is 0 Å². The summed E-state index contributed by atoms with van der Waals surface area (Å²) in [6.07, 6.45) is 4.92. The van der Waals surface area contributed by atoms with E-state index in [2.05, 4.69) is 17.7 Å². The van der Waals surface area contributed by atoms with Crippen molar-refractivity contribution in [2.45, 2.75) is 25.7 Å². The van der Waals surface area contributed by atoms with E-state index in [1.165, 1.54) is 33.0 Å². The number of halogens is 2. The number of rotatable bonds is 3. The molecule has 0 spiro atoms. The first kappa shape index (κ1) is 16.9.